The Morgan fingerprint density at radius 3 is 2.32 bits per heavy atom. The van der Waals surface area contributed by atoms with Gasteiger partial charge in [0.15, 0.2) is 0 Å². The molecule has 0 bridgehead atoms. The Bertz CT molecular complexity index is 549. The lowest BCUT2D eigenvalue weighted by Gasteiger charge is -2.17. The molecular formula is C16H17F2N. The molecule has 0 aliphatic carbocycles. The van der Waals surface area contributed by atoms with Gasteiger partial charge in [-0.2, -0.15) is 0 Å². The summed E-state index contributed by atoms with van der Waals surface area (Å²) in [5.74, 6) is -0.479. The zero-order valence-electron chi connectivity index (χ0n) is 11.1. The summed E-state index contributed by atoms with van der Waals surface area (Å²) in [6, 6.07) is 11.3. The summed E-state index contributed by atoms with van der Waals surface area (Å²) < 4.78 is 26.0. The van der Waals surface area contributed by atoms with Crippen molar-refractivity contribution in [2.24, 2.45) is 0 Å². The van der Waals surface area contributed by atoms with Crippen molar-refractivity contribution in [3.8, 4) is 0 Å². The molecule has 19 heavy (non-hydrogen) atoms. The molecule has 0 fully saturated rings. The van der Waals surface area contributed by atoms with Gasteiger partial charge in [-0.05, 0) is 55.7 Å². The van der Waals surface area contributed by atoms with Crippen LogP contribution in [0.1, 0.15) is 18.1 Å². The number of halogens is 2. The maximum Gasteiger partial charge on any atom is 0.125 e. The largest absolute Gasteiger partial charge is 0.382 e. The molecule has 0 aromatic heterocycles. The standard InChI is InChI=1S/C16H17F2N/c1-11-3-6-15(18)10-16(11)19-12(2)9-13-4-7-14(17)8-5-13/h3-8,10,12,19H,9H2,1-2H3. The molecular weight excluding hydrogens is 244 g/mol. The van der Waals surface area contributed by atoms with E-state index in [9.17, 15) is 8.78 Å². The minimum atomic E-state index is -0.248. The van der Waals surface area contributed by atoms with Crippen LogP contribution in [0.5, 0.6) is 0 Å². The first kappa shape index (κ1) is 13.5. The first-order chi connectivity index (χ1) is 9.04. The second kappa shape index (κ2) is 5.83. The highest BCUT2D eigenvalue weighted by atomic mass is 19.1. The Kier molecular flexibility index (Phi) is 4.15. The zero-order chi connectivity index (χ0) is 13.8. The van der Waals surface area contributed by atoms with Crippen LogP contribution in [0.2, 0.25) is 0 Å². The van der Waals surface area contributed by atoms with Crippen molar-refractivity contribution in [2.75, 3.05) is 5.32 Å². The minimum absolute atomic E-state index is 0.144. The molecule has 0 aliphatic heterocycles. The minimum Gasteiger partial charge on any atom is -0.382 e. The number of hydrogen-bond acceptors (Lipinski definition) is 1. The number of hydrogen-bond donors (Lipinski definition) is 1. The molecule has 100 valence electrons. The van der Waals surface area contributed by atoms with E-state index in [4.69, 9.17) is 0 Å². The van der Waals surface area contributed by atoms with Crippen molar-refractivity contribution in [2.45, 2.75) is 26.3 Å². The third kappa shape index (κ3) is 3.78. The van der Waals surface area contributed by atoms with E-state index >= 15 is 0 Å². The van der Waals surface area contributed by atoms with Gasteiger partial charge in [-0.3, -0.25) is 0 Å². The SMILES string of the molecule is Cc1ccc(F)cc1NC(C)Cc1ccc(F)cc1. The summed E-state index contributed by atoms with van der Waals surface area (Å²) in [4.78, 5) is 0. The zero-order valence-corrected chi connectivity index (χ0v) is 11.1. The van der Waals surface area contributed by atoms with Gasteiger partial charge in [0.25, 0.3) is 0 Å². The molecule has 1 nitrogen and oxygen atoms in total. The predicted molar refractivity (Wildman–Crippen MR) is 74.3 cm³/mol. The van der Waals surface area contributed by atoms with Gasteiger partial charge in [0.2, 0.25) is 0 Å². The highest BCUT2D eigenvalue weighted by molar-refractivity contribution is 5.51. The molecule has 0 spiro atoms. The van der Waals surface area contributed by atoms with Gasteiger partial charge in [-0.15, -0.1) is 0 Å². The van der Waals surface area contributed by atoms with Gasteiger partial charge in [-0.25, -0.2) is 8.78 Å². The van der Waals surface area contributed by atoms with E-state index in [1.807, 2.05) is 13.8 Å². The molecule has 2 aromatic carbocycles. The summed E-state index contributed by atoms with van der Waals surface area (Å²) in [5.41, 5.74) is 2.86. The molecule has 2 aromatic rings. The number of aryl methyl sites for hydroxylation is 1. The van der Waals surface area contributed by atoms with Crippen LogP contribution in [0.3, 0.4) is 0 Å². The van der Waals surface area contributed by atoms with E-state index in [2.05, 4.69) is 5.32 Å². The Morgan fingerprint density at radius 2 is 1.63 bits per heavy atom. The molecule has 0 radical (unpaired) electrons. The lowest BCUT2D eigenvalue weighted by molar-refractivity contribution is 0.625. The van der Waals surface area contributed by atoms with Crippen molar-refractivity contribution >= 4 is 5.69 Å². The van der Waals surface area contributed by atoms with Gasteiger partial charge in [-0.1, -0.05) is 18.2 Å². The first-order valence-corrected chi connectivity index (χ1v) is 6.32. The van der Waals surface area contributed by atoms with Crippen molar-refractivity contribution < 1.29 is 8.78 Å². The molecule has 1 N–H and O–H groups in total. The number of anilines is 1. The summed E-state index contributed by atoms with van der Waals surface area (Å²) in [7, 11) is 0. The lowest BCUT2D eigenvalue weighted by atomic mass is 10.1. The summed E-state index contributed by atoms with van der Waals surface area (Å²) in [5, 5.41) is 3.28. The molecule has 0 saturated heterocycles. The van der Waals surface area contributed by atoms with Gasteiger partial charge in [0, 0.05) is 11.7 Å². The smallest absolute Gasteiger partial charge is 0.125 e. The van der Waals surface area contributed by atoms with Crippen molar-refractivity contribution in [1.82, 2.24) is 0 Å². The fraction of sp³-hybridized carbons (Fsp3) is 0.250. The highest BCUT2D eigenvalue weighted by Crippen LogP contribution is 2.18. The molecule has 0 amide bonds. The Morgan fingerprint density at radius 1 is 1.00 bits per heavy atom. The molecule has 3 heteroatoms. The molecule has 1 unspecified atom stereocenters. The highest BCUT2D eigenvalue weighted by Gasteiger charge is 2.06. The number of benzene rings is 2. The van der Waals surface area contributed by atoms with Crippen molar-refractivity contribution in [3.63, 3.8) is 0 Å². The topological polar surface area (TPSA) is 12.0 Å². The monoisotopic (exact) mass is 261 g/mol. The van der Waals surface area contributed by atoms with Gasteiger partial charge in [0.1, 0.15) is 11.6 Å². The summed E-state index contributed by atoms with van der Waals surface area (Å²) in [6.45, 7) is 3.96. The lowest BCUT2D eigenvalue weighted by Crippen LogP contribution is -2.18. The van der Waals surface area contributed by atoms with E-state index in [1.54, 1.807) is 18.2 Å². The van der Waals surface area contributed by atoms with Crippen LogP contribution in [0.25, 0.3) is 0 Å². The van der Waals surface area contributed by atoms with Crippen LogP contribution >= 0.6 is 0 Å². The quantitative estimate of drug-likeness (QED) is 0.864. The van der Waals surface area contributed by atoms with Crippen LogP contribution in [0, 0.1) is 18.6 Å². The Labute approximate surface area is 112 Å². The van der Waals surface area contributed by atoms with Crippen molar-refractivity contribution in [3.05, 3.63) is 65.2 Å². The van der Waals surface area contributed by atoms with Crippen LogP contribution in [0.15, 0.2) is 42.5 Å². The fourth-order valence-electron chi connectivity index (χ4n) is 2.04. The number of rotatable bonds is 4. The van der Waals surface area contributed by atoms with E-state index in [0.29, 0.717) is 0 Å². The first-order valence-electron chi connectivity index (χ1n) is 6.32. The third-order valence-electron chi connectivity index (χ3n) is 3.06. The van der Waals surface area contributed by atoms with Gasteiger partial charge >= 0.3 is 0 Å². The second-order valence-corrected chi connectivity index (χ2v) is 4.84. The Balaban J connectivity index is 2.02. The van der Waals surface area contributed by atoms with E-state index in [1.165, 1.54) is 24.3 Å². The van der Waals surface area contributed by atoms with Crippen LogP contribution in [-0.2, 0) is 6.42 Å². The second-order valence-electron chi connectivity index (χ2n) is 4.84. The van der Waals surface area contributed by atoms with E-state index in [0.717, 1.165) is 23.2 Å². The predicted octanol–water partition coefficient (Wildman–Crippen LogP) is 4.32. The Hall–Kier alpha value is -1.90. The van der Waals surface area contributed by atoms with E-state index in [-0.39, 0.29) is 17.7 Å². The van der Waals surface area contributed by atoms with Crippen molar-refractivity contribution in [1.29, 1.82) is 0 Å². The molecule has 1 atom stereocenters. The van der Waals surface area contributed by atoms with Crippen LogP contribution in [0.4, 0.5) is 14.5 Å². The molecule has 0 heterocycles. The molecule has 0 aliphatic rings. The van der Waals surface area contributed by atoms with E-state index < -0.39 is 0 Å². The average Bonchev–Trinajstić information content (AvgIpc) is 2.37. The third-order valence-corrected chi connectivity index (χ3v) is 3.06. The van der Waals surface area contributed by atoms with Crippen LogP contribution in [-0.4, -0.2) is 6.04 Å². The summed E-state index contributed by atoms with van der Waals surface area (Å²) in [6.07, 6.45) is 0.760. The average molecular weight is 261 g/mol. The maximum atomic E-state index is 13.2. The maximum absolute atomic E-state index is 13.2. The molecule has 2 rings (SSSR count). The number of nitrogens with one attached hydrogen (secondary N) is 1. The van der Waals surface area contributed by atoms with Gasteiger partial charge < -0.3 is 5.32 Å². The normalized spacial score (nSPS) is 12.2. The van der Waals surface area contributed by atoms with Gasteiger partial charge in [0.05, 0.1) is 0 Å². The molecule has 0 saturated carbocycles. The summed E-state index contributed by atoms with van der Waals surface area (Å²) >= 11 is 0. The fourth-order valence-corrected chi connectivity index (χ4v) is 2.04. The van der Waals surface area contributed by atoms with Crippen LogP contribution < -0.4 is 5.32 Å².